The minimum atomic E-state index is -0.352. The minimum absolute atomic E-state index is 0.195. The van der Waals surface area contributed by atoms with Crippen LogP contribution in [0.3, 0.4) is 0 Å². The Hall–Kier alpha value is -2.86. The number of carbonyl (C=O) groups is 1. The van der Waals surface area contributed by atoms with E-state index < -0.39 is 0 Å². The summed E-state index contributed by atoms with van der Waals surface area (Å²) in [7, 11) is 1.51. The second-order valence-electron chi connectivity index (χ2n) is 6.01. The number of nitrogens with zero attached hydrogens (tertiary/aromatic N) is 2. The molecule has 0 aliphatic carbocycles. The highest BCUT2D eigenvalue weighted by atomic mass is 32.2. The minimum Gasteiger partial charge on any atom is -0.321 e. The molecule has 2 aromatic carbocycles. The topological polar surface area (TPSA) is 64.0 Å². The molecule has 1 heterocycles. The number of hydrogen-bond acceptors (Lipinski definition) is 4. The first-order valence-electron chi connectivity index (χ1n) is 8.13. The van der Waals surface area contributed by atoms with Crippen molar-refractivity contribution in [1.29, 1.82) is 0 Å². The molecule has 0 radical (unpaired) electrons. The van der Waals surface area contributed by atoms with Crippen LogP contribution in [0.1, 0.15) is 21.6 Å². The van der Waals surface area contributed by atoms with Crippen molar-refractivity contribution in [2.75, 3.05) is 5.32 Å². The van der Waals surface area contributed by atoms with Crippen molar-refractivity contribution >= 4 is 23.4 Å². The number of anilines is 1. The Morgan fingerprint density at radius 2 is 1.65 bits per heavy atom. The highest BCUT2D eigenvalue weighted by Gasteiger charge is 2.09. The van der Waals surface area contributed by atoms with Gasteiger partial charge in [0, 0.05) is 28.6 Å². The number of rotatable bonds is 4. The van der Waals surface area contributed by atoms with Crippen molar-refractivity contribution in [2.24, 2.45) is 7.05 Å². The fourth-order valence-electron chi connectivity index (χ4n) is 2.34. The molecule has 0 unspecified atom stereocenters. The largest absolute Gasteiger partial charge is 0.321 e. The standard InChI is InChI=1S/C20H19N3O2S/c1-13-4-7-17(12-14(13)2)26-16-8-5-15(6-9-16)21-20(25)18-10-11-19(24)23(3)22-18/h4-12H,1-3H3,(H,21,25). The molecule has 1 aromatic heterocycles. The normalized spacial score (nSPS) is 10.6. The first-order chi connectivity index (χ1) is 12.4. The number of aromatic nitrogens is 2. The molecule has 26 heavy (non-hydrogen) atoms. The van der Waals surface area contributed by atoms with Crippen LogP contribution in [-0.4, -0.2) is 15.7 Å². The third-order valence-corrected chi connectivity index (χ3v) is 5.02. The number of amides is 1. The van der Waals surface area contributed by atoms with Gasteiger partial charge in [0.25, 0.3) is 11.5 Å². The van der Waals surface area contributed by atoms with Gasteiger partial charge in [-0.15, -0.1) is 0 Å². The fourth-order valence-corrected chi connectivity index (χ4v) is 3.25. The Morgan fingerprint density at radius 1 is 0.962 bits per heavy atom. The smallest absolute Gasteiger partial charge is 0.276 e. The molecule has 0 aliphatic heterocycles. The van der Waals surface area contributed by atoms with Crippen LogP contribution in [-0.2, 0) is 7.05 Å². The van der Waals surface area contributed by atoms with Crippen LogP contribution in [0.4, 0.5) is 5.69 Å². The number of hydrogen-bond donors (Lipinski definition) is 1. The lowest BCUT2D eigenvalue weighted by atomic mass is 10.1. The zero-order valence-corrected chi connectivity index (χ0v) is 15.6. The van der Waals surface area contributed by atoms with Crippen LogP contribution in [0.15, 0.2) is 69.2 Å². The van der Waals surface area contributed by atoms with Crippen molar-refractivity contribution < 1.29 is 4.79 Å². The van der Waals surface area contributed by atoms with Crippen LogP contribution in [0.2, 0.25) is 0 Å². The maximum atomic E-state index is 12.2. The molecule has 0 fully saturated rings. The average molecular weight is 365 g/mol. The Balaban J connectivity index is 1.68. The van der Waals surface area contributed by atoms with Gasteiger partial charge in [-0.3, -0.25) is 9.59 Å². The molecule has 0 saturated carbocycles. The zero-order valence-electron chi connectivity index (χ0n) is 14.8. The van der Waals surface area contributed by atoms with Crippen LogP contribution in [0.5, 0.6) is 0 Å². The van der Waals surface area contributed by atoms with E-state index in [9.17, 15) is 9.59 Å². The van der Waals surface area contributed by atoms with E-state index in [2.05, 4.69) is 42.5 Å². The second-order valence-corrected chi connectivity index (χ2v) is 7.15. The monoisotopic (exact) mass is 365 g/mol. The first kappa shape index (κ1) is 17.9. The van der Waals surface area contributed by atoms with Crippen LogP contribution >= 0.6 is 11.8 Å². The van der Waals surface area contributed by atoms with E-state index in [1.165, 1.54) is 35.2 Å². The summed E-state index contributed by atoms with van der Waals surface area (Å²) >= 11 is 1.67. The van der Waals surface area contributed by atoms with Crippen molar-refractivity contribution in [3.8, 4) is 0 Å². The third kappa shape index (κ3) is 4.21. The van der Waals surface area contributed by atoms with Gasteiger partial charge in [-0.25, -0.2) is 4.68 Å². The number of carbonyl (C=O) groups excluding carboxylic acids is 1. The summed E-state index contributed by atoms with van der Waals surface area (Å²) < 4.78 is 1.14. The van der Waals surface area contributed by atoms with E-state index >= 15 is 0 Å². The van der Waals surface area contributed by atoms with Gasteiger partial charge in [0.15, 0.2) is 0 Å². The van der Waals surface area contributed by atoms with Gasteiger partial charge in [0.2, 0.25) is 0 Å². The molecular weight excluding hydrogens is 346 g/mol. The average Bonchev–Trinajstić information content (AvgIpc) is 2.62. The van der Waals surface area contributed by atoms with Gasteiger partial charge in [-0.05, 0) is 67.4 Å². The van der Waals surface area contributed by atoms with Crippen molar-refractivity contribution in [3.63, 3.8) is 0 Å². The SMILES string of the molecule is Cc1ccc(Sc2ccc(NC(=O)c3ccc(=O)n(C)n3)cc2)cc1C. The fraction of sp³-hybridized carbons (Fsp3) is 0.150. The lowest BCUT2D eigenvalue weighted by Gasteiger charge is -2.08. The molecule has 0 atom stereocenters. The first-order valence-corrected chi connectivity index (χ1v) is 8.95. The van der Waals surface area contributed by atoms with Crippen molar-refractivity contribution in [3.05, 3.63) is 81.8 Å². The highest BCUT2D eigenvalue weighted by Crippen LogP contribution is 2.29. The Morgan fingerprint density at radius 3 is 2.31 bits per heavy atom. The predicted octanol–water partition coefficient (Wildman–Crippen LogP) is 3.80. The molecule has 3 aromatic rings. The quantitative estimate of drug-likeness (QED) is 0.764. The molecule has 0 aliphatic rings. The van der Waals surface area contributed by atoms with Crippen LogP contribution < -0.4 is 10.9 Å². The van der Waals surface area contributed by atoms with Crippen molar-refractivity contribution in [1.82, 2.24) is 9.78 Å². The predicted molar refractivity (Wildman–Crippen MR) is 104 cm³/mol. The third-order valence-electron chi connectivity index (χ3n) is 4.02. The molecule has 0 spiro atoms. The number of aryl methyl sites for hydroxylation is 3. The van der Waals surface area contributed by atoms with Gasteiger partial charge in [-0.2, -0.15) is 5.10 Å². The molecule has 0 saturated heterocycles. The summed E-state index contributed by atoms with van der Waals surface area (Å²) in [5.41, 5.74) is 3.16. The molecule has 132 valence electrons. The zero-order chi connectivity index (χ0) is 18.7. The number of nitrogens with one attached hydrogen (secondary N) is 1. The molecule has 0 bridgehead atoms. The van der Waals surface area contributed by atoms with E-state index in [1.54, 1.807) is 11.8 Å². The van der Waals surface area contributed by atoms with Crippen molar-refractivity contribution in [2.45, 2.75) is 23.6 Å². The molecule has 3 rings (SSSR count). The lowest BCUT2D eigenvalue weighted by molar-refractivity contribution is 0.102. The van der Waals surface area contributed by atoms with E-state index in [0.717, 1.165) is 9.58 Å². The highest BCUT2D eigenvalue weighted by molar-refractivity contribution is 7.99. The second kappa shape index (κ2) is 7.58. The molecular formula is C20H19N3O2S. The molecule has 6 heteroatoms. The summed E-state index contributed by atoms with van der Waals surface area (Å²) in [4.78, 5) is 25.8. The summed E-state index contributed by atoms with van der Waals surface area (Å²) in [5, 5.41) is 6.73. The molecule has 1 amide bonds. The van der Waals surface area contributed by atoms with Crippen LogP contribution in [0.25, 0.3) is 0 Å². The van der Waals surface area contributed by atoms with E-state index in [1.807, 2.05) is 24.3 Å². The molecule has 5 nitrogen and oxygen atoms in total. The molecule has 1 N–H and O–H groups in total. The van der Waals surface area contributed by atoms with Gasteiger partial charge in [0.1, 0.15) is 5.69 Å². The van der Waals surface area contributed by atoms with Gasteiger partial charge < -0.3 is 5.32 Å². The van der Waals surface area contributed by atoms with E-state index in [4.69, 9.17) is 0 Å². The number of benzene rings is 2. The summed E-state index contributed by atoms with van der Waals surface area (Å²) in [5.74, 6) is -0.352. The van der Waals surface area contributed by atoms with Gasteiger partial charge in [0.05, 0.1) is 0 Å². The maximum Gasteiger partial charge on any atom is 0.276 e. The Kier molecular flexibility index (Phi) is 5.23. The Labute approximate surface area is 156 Å². The summed E-state index contributed by atoms with van der Waals surface area (Å²) in [6, 6.07) is 16.8. The summed E-state index contributed by atoms with van der Waals surface area (Å²) in [6.07, 6.45) is 0. The van der Waals surface area contributed by atoms with E-state index in [-0.39, 0.29) is 17.2 Å². The van der Waals surface area contributed by atoms with Gasteiger partial charge in [-0.1, -0.05) is 17.8 Å². The van der Waals surface area contributed by atoms with E-state index in [0.29, 0.717) is 5.69 Å². The lowest BCUT2D eigenvalue weighted by Crippen LogP contribution is -2.23. The maximum absolute atomic E-state index is 12.2. The summed E-state index contributed by atoms with van der Waals surface area (Å²) in [6.45, 7) is 4.20. The van der Waals surface area contributed by atoms with Gasteiger partial charge >= 0.3 is 0 Å². The Bertz CT molecular complexity index is 1010. The van der Waals surface area contributed by atoms with Crippen LogP contribution in [0, 0.1) is 13.8 Å².